The lowest BCUT2D eigenvalue weighted by atomic mass is 9.67. The number of aliphatic hydroxyl groups excluding tert-OH is 1. The third kappa shape index (κ3) is 1.15. The fourth-order valence-electron chi connectivity index (χ4n) is 4.39. The Morgan fingerprint density at radius 1 is 0.789 bits per heavy atom. The Bertz CT molecular complexity index is 454. The number of hydrogen-bond acceptors (Lipinski definition) is 3. The fourth-order valence-corrected chi connectivity index (χ4v) is 4.39. The van der Waals surface area contributed by atoms with E-state index < -0.39 is 11.2 Å². The van der Waals surface area contributed by atoms with Crippen LogP contribution in [0.5, 0.6) is 0 Å². The van der Waals surface area contributed by atoms with Gasteiger partial charge in [-0.05, 0) is 0 Å². The third-order valence-electron chi connectivity index (χ3n) is 5.17. The molecule has 0 amide bonds. The number of hydrogen-bond donors (Lipinski definition) is 2. The molecule has 3 heteroatoms. The van der Waals surface area contributed by atoms with Crippen molar-refractivity contribution in [3.8, 4) is 0 Å². The molecule has 0 radical (unpaired) electrons. The largest absolute Gasteiger partial charge is 0.394 e. The lowest BCUT2D eigenvalue weighted by Gasteiger charge is -2.49. The summed E-state index contributed by atoms with van der Waals surface area (Å²) in [4.78, 5) is 0. The molecule has 19 heavy (non-hydrogen) atoms. The molecule has 0 aromatic carbocycles. The van der Waals surface area contributed by atoms with E-state index in [0.717, 1.165) is 0 Å². The van der Waals surface area contributed by atoms with Crippen LogP contribution in [0.2, 0.25) is 0 Å². The van der Waals surface area contributed by atoms with Crippen molar-refractivity contribution in [1.82, 2.24) is 0 Å². The molecular weight excluding hydrogens is 240 g/mol. The molecule has 4 bridgehead atoms. The first kappa shape index (κ1) is 11.6. The minimum Gasteiger partial charge on any atom is -0.394 e. The van der Waals surface area contributed by atoms with Crippen molar-refractivity contribution in [1.29, 1.82) is 0 Å². The SMILES string of the molecule is OCCOC1(C2(O)C3C=CC2C=C3)C2C=CC1C=C2. The first-order chi connectivity index (χ1) is 9.23. The highest BCUT2D eigenvalue weighted by Crippen LogP contribution is 2.60. The maximum Gasteiger partial charge on any atom is 0.118 e. The van der Waals surface area contributed by atoms with E-state index in [2.05, 4.69) is 48.6 Å². The van der Waals surface area contributed by atoms with Gasteiger partial charge < -0.3 is 14.9 Å². The monoisotopic (exact) mass is 258 g/mol. The number of aliphatic hydroxyl groups is 2. The van der Waals surface area contributed by atoms with Gasteiger partial charge in [0.2, 0.25) is 0 Å². The van der Waals surface area contributed by atoms with E-state index >= 15 is 0 Å². The zero-order valence-corrected chi connectivity index (χ0v) is 10.6. The molecule has 0 heterocycles. The fraction of sp³-hybridized carbons (Fsp3) is 0.500. The van der Waals surface area contributed by atoms with Crippen molar-refractivity contribution < 1.29 is 14.9 Å². The van der Waals surface area contributed by atoms with Crippen molar-refractivity contribution in [2.45, 2.75) is 11.2 Å². The maximum absolute atomic E-state index is 11.4. The second kappa shape index (κ2) is 3.69. The van der Waals surface area contributed by atoms with Crippen LogP contribution in [0.1, 0.15) is 0 Å². The molecule has 0 aliphatic heterocycles. The summed E-state index contributed by atoms with van der Waals surface area (Å²) in [5.41, 5.74) is -1.58. The van der Waals surface area contributed by atoms with Crippen molar-refractivity contribution in [3.05, 3.63) is 48.6 Å². The minimum atomic E-state index is -0.926. The number of rotatable bonds is 4. The highest BCUT2D eigenvalue weighted by Gasteiger charge is 2.68. The molecule has 0 saturated carbocycles. The van der Waals surface area contributed by atoms with Crippen molar-refractivity contribution in [2.24, 2.45) is 23.7 Å². The summed E-state index contributed by atoms with van der Waals surface area (Å²) in [5.74, 6) is 0.222. The van der Waals surface area contributed by atoms with E-state index in [-0.39, 0.29) is 36.9 Å². The zero-order valence-electron chi connectivity index (χ0n) is 10.6. The van der Waals surface area contributed by atoms with E-state index in [0.29, 0.717) is 0 Å². The van der Waals surface area contributed by atoms with Gasteiger partial charge in [-0.3, -0.25) is 0 Å². The standard InChI is InChI=1S/C16H18O3/c17-9-10-19-16(13-5-6-14(16)8-7-13)15(18)11-1-2-12(15)4-3-11/h1-8,11-14,17-18H,9-10H2. The summed E-state index contributed by atoms with van der Waals surface area (Å²) in [7, 11) is 0. The molecule has 4 aliphatic rings. The summed E-state index contributed by atoms with van der Waals surface area (Å²) in [5, 5.41) is 20.6. The van der Waals surface area contributed by atoms with Crippen molar-refractivity contribution >= 4 is 0 Å². The smallest absolute Gasteiger partial charge is 0.118 e. The third-order valence-corrected chi connectivity index (χ3v) is 5.17. The Morgan fingerprint density at radius 2 is 1.21 bits per heavy atom. The molecule has 4 aliphatic carbocycles. The second-order valence-electron chi connectivity index (χ2n) is 5.83. The van der Waals surface area contributed by atoms with E-state index in [9.17, 15) is 5.11 Å². The molecule has 100 valence electrons. The zero-order chi connectivity index (χ0) is 13.1. The van der Waals surface area contributed by atoms with Crippen LogP contribution >= 0.6 is 0 Å². The molecule has 0 unspecified atom stereocenters. The van der Waals surface area contributed by atoms with Gasteiger partial charge in [-0.1, -0.05) is 48.6 Å². The molecule has 3 nitrogen and oxygen atoms in total. The first-order valence-corrected chi connectivity index (χ1v) is 6.94. The molecular formula is C16H18O3. The second-order valence-corrected chi connectivity index (χ2v) is 5.83. The van der Waals surface area contributed by atoms with Crippen molar-refractivity contribution in [3.63, 3.8) is 0 Å². The molecule has 0 aromatic heterocycles. The van der Waals surface area contributed by atoms with E-state index in [4.69, 9.17) is 9.84 Å². The van der Waals surface area contributed by atoms with Crippen LogP contribution in [-0.2, 0) is 4.74 Å². The molecule has 0 fully saturated rings. The average Bonchev–Trinajstić information content (AvgIpc) is 3.16. The summed E-state index contributed by atoms with van der Waals surface area (Å²) in [6, 6.07) is 0. The molecule has 0 aromatic rings. The predicted octanol–water partition coefficient (Wildman–Crippen LogP) is 1.21. The van der Waals surface area contributed by atoms with Gasteiger partial charge in [0.05, 0.1) is 13.2 Å². The van der Waals surface area contributed by atoms with Crippen molar-refractivity contribution in [2.75, 3.05) is 13.2 Å². The molecule has 0 atom stereocenters. The van der Waals surface area contributed by atoms with Crippen LogP contribution in [0.25, 0.3) is 0 Å². The predicted molar refractivity (Wildman–Crippen MR) is 71.2 cm³/mol. The van der Waals surface area contributed by atoms with E-state index in [1.807, 2.05) is 0 Å². The lowest BCUT2D eigenvalue weighted by Crippen LogP contribution is -2.63. The summed E-state index contributed by atoms with van der Waals surface area (Å²) in [6.07, 6.45) is 16.8. The van der Waals surface area contributed by atoms with Gasteiger partial charge in [0, 0.05) is 23.7 Å². The Labute approximate surface area is 112 Å². The topological polar surface area (TPSA) is 49.7 Å². The quantitative estimate of drug-likeness (QED) is 0.745. The van der Waals surface area contributed by atoms with Crippen LogP contribution in [0, 0.1) is 23.7 Å². The van der Waals surface area contributed by atoms with Gasteiger partial charge in [0.15, 0.2) is 0 Å². The normalized spacial score (nSPS) is 51.9. The Morgan fingerprint density at radius 3 is 1.63 bits per heavy atom. The lowest BCUT2D eigenvalue weighted by molar-refractivity contribution is -0.216. The van der Waals surface area contributed by atoms with Gasteiger partial charge in [-0.2, -0.15) is 0 Å². The van der Waals surface area contributed by atoms with Gasteiger partial charge in [-0.25, -0.2) is 0 Å². The Kier molecular flexibility index (Phi) is 2.26. The van der Waals surface area contributed by atoms with E-state index in [1.54, 1.807) is 0 Å². The highest BCUT2D eigenvalue weighted by atomic mass is 16.5. The molecule has 0 spiro atoms. The summed E-state index contributed by atoms with van der Waals surface area (Å²) >= 11 is 0. The minimum absolute atomic E-state index is 0.0148. The van der Waals surface area contributed by atoms with Crippen LogP contribution in [0.15, 0.2) is 48.6 Å². The number of fused-ring (bicyclic) bond motifs is 5. The molecule has 2 N–H and O–H groups in total. The van der Waals surface area contributed by atoms with Gasteiger partial charge in [-0.15, -0.1) is 0 Å². The Balaban J connectivity index is 1.77. The Hall–Kier alpha value is -1.16. The molecule has 0 saturated heterocycles. The van der Waals surface area contributed by atoms with Crippen LogP contribution in [-0.4, -0.2) is 34.6 Å². The molecule has 4 rings (SSSR count). The average molecular weight is 258 g/mol. The maximum atomic E-state index is 11.4. The van der Waals surface area contributed by atoms with Gasteiger partial charge in [0.1, 0.15) is 11.2 Å². The number of ether oxygens (including phenoxy) is 1. The highest BCUT2D eigenvalue weighted by molar-refractivity contribution is 5.45. The van der Waals surface area contributed by atoms with Crippen LogP contribution < -0.4 is 0 Å². The van der Waals surface area contributed by atoms with Gasteiger partial charge >= 0.3 is 0 Å². The first-order valence-electron chi connectivity index (χ1n) is 6.94. The van der Waals surface area contributed by atoms with Crippen LogP contribution in [0.4, 0.5) is 0 Å². The van der Waals surface area contributed by atoms with Crippen LogP contribution in [0.3, 0.4) is 0 Å². The van der Waals surface area contributed by atoms with E-state index in [1.165, 1.54) is 0 Å². The summed E-state index contributed by atoms with van der Waals surface area (Å²) in [6.45, 7) is 0.242. The van der Waals surface area contributed by atoms with Gasteiger partial charge in [0.25, 0.3) is 0 Å². The summed E-state index contributed by atoms with van der Waals surface area (Å²) < 4.78 is 6.09.